The molecule has 2 aromatic carbocycles. The zero-order chi connectivity index (χ0) is 14.3. The van der Waals surface area contributed by atoms with E-state index in [2.05, 4.69) is 28.1 Å². The van der Waals surface area contributed by atoms with E-state index in [1.54, 1.807) is 0 Å². The van der Waals surface area contributed by atoms with Crippen LogP contribution in [0.3, 0.4) is 0 Å². The van der Waals surface area contributed by atoms with E-state index in [1.807, 2.05) is 18.2 Å². The largest absolute Gasteiger partial charge is 0.204 e. The smallest absolute Gasteiger partial charge is 0.160 e. The van der Waals surface area contributed by atoms with E-state index in [9.17, 15) is 8.78 Å². The third-order valence-electron chi connectivity index (χ3n) is 3.94. The Bertz CT molecular complexity index is 638. The van der Waals surface area contributed by atoms with Crippen LogP contribution in [0.25, 0.3) is 0 Å². The minimum Gasteiger partial charge on any atom is -0.204 e. The minimum absolute atomic E-state index is 0.0742. The van der Waals surface area contributed by atoms with Crippen LogP contribution in [0, 0.1) is 11.6 Å². The molecular formula is C16H12BrClF2. The zero-order valence-corrected chi connectivity index (χ0v) is 12.9. The Labute approximate surface area is 129 Å². The molecule has 1 aliphatic carbocycles. The Balaban J connectivity index is 2.01. The lowest BCUT2D eigenvalue weighted by Crippen LogP contribution is -2.14. The van der Waals surface area contributed by atoms with Gasteiger partial charge in [-0.2, -0.15) is 0 Å². The normalized spacial score (nSPS) is 17.8. The maximum atomic E-state index is 13.5. The summed E-state index contributed by atoms with van der Waals surface area (Å²) in [4.78, 5) is -0.125. The molecule has 1 fully saturated rings. The molecule has 3 rings (SSSR count). The SMILES string of the molecule is Fc1cc(Cl)c(C(Br)C2(c3ccccc3)CC2)cc1F. The van der Waals surface area contributed by atoms with Crippen LogP contribution in [-0.2, 0) is 5.41 Å². The fourth-order valence-electron chi connectivity index (χ4n) is 2.62. The maximum Gasteiger partial charge on any atom is 0.160 e. The average Bonchev–Trinajstić information content (AvgIpc) is 3.25. The van der Waals surface area contributed by atoms with Gasteiger partial charge in [-0.1, -0.05) is 57.9 Å². The second-order valence-electron chi connectivity index (χ2n) is 5.17. The third kappa shape index (κ3) is 2.27. The molecule has 0 amide bonds. The van der Waals surface area contributed by atoms with E-state index in [0.29, 0.717) is 5.56 Å². The number of hydrogen-bond donors (Lipinski definition) is 0. The van der Waals surface area contributed by atoms with Gasteiger partial charge in [0.15, 0.2) is 11.6 Å². The molecule has 0 aliphatic heterocycles. The van der Waals surface area contributed by atoms with Crippen LogP contribution in [0.2, 0.25) is 5.02 Å². The summed E-state index contributed by atoms with van der Waals surface area (Å²) in [7, 11) is 0. The van der Waals surface area contributed by atoms with Crippen molar-refractivity contribution in [3.8, 4) is 0 Å². The molecule has 0 saturated heterocycles. The maximum absolute atomic E-state index is 13.5. The predicted molar refractivity (Wildman–Crippen MR) is 80.4 cm³/mol. The quantitative estimate of drug-likeness (QED) is 0.482. The number of halogens is 4. The van der Waals surface area contributed by atoms with E-state index in [0.717, 1.165) is 18.9 Å². The van der Waals surface area contributed by atoms with Crippen molar-refractivity contribution in [3.63, 3.8) is 0 Å². The molecule has 1 unspecified atom stereocenters. The van der Waals surface area contributed by atoms with Crippen molar-refractivity contribution in [2.45, 2.75) is 23.1 Å². The highest BCUT2D eigenvalue weighted by Gasteiger charge is 2.50. The number of alkyl halides is 1. The summed E-state index contributed by atoms with van der Waals surface area (Å²) in [6, 6.07) is 12.3. The molecule has 104 valence electrons. The van der Waals surface area contributed by atoms with Gasteiger partial charge in [0.05, 0.1) is 4.83 Å². The molecule has 1 atom stereocenters. The lowest BCUT2D eigenvalue weighted by atomic mass is 9.88. The van der Waals surface area contributed by atoms with E-state index in [-0.39, 0.29) is 15.3 Å². The molecule has 4 heteroatoms. The van der Waals surface area contributed by atoms with Crippen LogP contribution in [0.1, 0.15) is 28.8 Å². The first-order valence-electron chi connectivity index (χ1n) is 6.39. The average molecular weight is 358 g/mol. The highest BCUT2D eigenvalue weighted by atomic mass is 79.9. The van der Waals surface area contributed by atoms with Gasteiger partial charge in [0.1, 0.15) is 0 Å². The molecule has 0 bridgehead atoms. The Kier molecular flexibility index (Phi) is 3.59. The molecule has 0 N–H and O–H groups in total. The highest BCUT2D eigenvalue weighted by Crippen LogP contribution is 2.60. The molecule has 0 spiro atoms. The second kappa shape index (κ2) is 5.12. The van der Waals surface area contributed by atoms with Crippen LogP contribution in [-0.4, -0.2) is 0 Å². The van der Waals surface area contributed by atoms with Gasteiger partial charge >= 0.3 is 0 Å². The van der Waals surface area contributed by atoms with Crippen LogP contribution in [0.4, 0.5) is 8.78 Å². The van der Waals surface area contributed by atoms with Crippen molar-refractivity contribution in [1.29, 1.82) is 0 Å². The Hall–Kier alpha value is -0.930. The van der Waals surface area contributed by atoms with Gasteiger partial charge in [-0.25, -0.2) is 8.78 Å². The topological polar surface area (TPSA) is 0 Å². The highest BCUT2D eigenvalue weighted by molar-refractivity contribution is 9.09. The van der Waals surface area contributed by atoms with Gasteiger partial charge in [0, 0.05) is 10.4 Å². The third-order valence-corrected chi connectivity index (χ3v) is 5.63. The van der Waals surface area contributed by atoms with Gasteiger partial charge in [0.2, 0.25) is 0 Å². The van der Waals surface area contributed by atoms with Gasteiger partial charge in [-0.15, -0.1) is 0 Å². The summed E-state index contributed by atoms with van der Waals surface area (Å²) >= 11 is 9.72. The fourth-order valence-corrected chi connectivity index (χ4v) is 4.12. The molecule has 0 radical (unpaired) electrons. The summed E-state index contributed by atoms with van der Waals surface area (Å²) in [5.41, 5.74) is 1.73. The van der Waals surface area contributed by atoms with E-state index in [1.165, 1.54) is 11.6 Å². The first kappa shape index (κ1) is 14.0. The molecule has 2 aromatic rings. The van der Waals surface area contributed by atoms with Crippen LogP contribution >= 0.6 is 27.5 Å². The molecule has 0 heterocycles. The molecular weight excluding hydrogens is 346 g/mol. The van der Waals surface area contributed by atoms with Crippen molar-refractivity contribution in [2.75, 3.05) is 0 Å². The van der Waals surface area contributed by atoms with Crippen molar-refractivity contribution in [3.05, 3.63) is 70.2 Å². The number of benzene rings is 2. The number of hydrogen-bond acceptors (Lipinski definition) is 0. The molecule has 1 saturated carbocycles. The van der Waals surface area contributed by atoms with Gasteiger partial charge in [-0.05, 0) is 36.1 Å². The van der Waals surface area contributed by atoms with Crippen LogP contribution in [0.5, 0.6) is 0 Å². The Morgan fingerprint density at radius 1 is 1.05 bits per heavy atom. The summed E-state index contributed by atoms with van der Waals surface area (Å²) in [5.74, 6) is -1.78. The van der Waals surface area contributed by atoms with Crippen molar-refractivity contribution in [1.82, 2.24) is 0 Å². The minimum atomic E-state index is -0.914. The molecule has 0 nitrogen and oxygen atoms in total. The Morgan fingerprint density at radius 2 is 1.65 bits per heavy atom. The summed E-state index contributed by atoms with van der Waals surface area (Å²) in [6.45, 7) is 0. The zero-order valence-electron chi connectivity index (χ0n) is 10.5. The van der Waals surface area contributed by atoms with Crippen LogP contribution in [0.15, 0.2) is 42.5 Å². The summed E-state index contributed by atoms with van der Waals surface area (Å²) in [5, 5.41) is 0.257. The van der Waals surface area contributed by atoms with Gasteiger partial charge < -0.3 is 0 Å². The van der Waals surface area contributed by atoms with E-state index >= 15 is 0 Å². The fraction of sp³-hybridized carbons (Fsp3) is 0.250. The van der Waals surface area contributed by atoms with Gasteiger partial charge in [-0.3, -0.25) is 0 Å². The van der Waals surface area contributed by atoms with Gasteiger partial charge in [0.25, 0.3) is 0 Å². The Morgan fingerprint density at radius 3 is 2.25 bits per heavy atom. The van der Waals surface area contributed by atoms with Crippen molar-refractivity contribution >= 4 is 27.5 Å². The standard InChI is InChI=1S/C16H12BrClF2/c17-15(11-8-13(19)14(20)9-12(11)18)16(6-7-16)10-4-2-1-3-5-10/h1-5,8-9,15H,6-7H2. The van der Waals surface area contributed by atoms with E-state index in [4.69, 9.17) is 11.6 Å². The lowest BCUT2D eigenvalue weighted by molar-refractivity contribution is 0.505. The predicted octanol–water partition coefficient (Wildman–Crippen LogP) is 5.79. The monoisotopic (exact) mass is 356 g/mol. The van der Waals surface area contributed by atoms with E-state index < -0.39 is 11.6 Å². The molecule has 1 aliphatic rings. The molecule has 0 aromatic heterocycles. The lowest BCUT2D eigenvalue weighted by Gasteiger charge is -2.24. The molecule has 20 heavy (non-hydrogen) atoms. The van der Waals surface area contributed by atoms with Crippen molar-refractivity contribution < 1.29 is 8.78 Å². The number of rotatable bonds is 3. The summed E-state index contributed by atoms with van der Waals surface area (Å²) in [6.07, 6.45) is 2.00. The first-order valence-corrected chi connectivity index (χ1v) is 7.68. The van der Waals surface area contributed by atoms with Crippen LogP contribution < -0.4 is 0 Å². The first-order chi connectivity index (χ1) is 9.54. The van der Waals surface area contributed by atoms with Crippen molar-refractivity contribution in [2.24, 2.45) is 0 Å². The summed E-state index contributed by atoms with van der Waals surface area (Å²) < 4.78 is 26.7. The second-order valence-corrected chi connectivity index (χ2v) is 6.50.